The van der Waals surface area contributed by atoms with Gasteiger partial charge in [-0.2, -0.15) is 0 Å². The highest BCUT2D eigenvalue weighted by atomic mass is 35.5. The van der Waals surface area contributed by atoms with Gasteiger partial charge in [-0.05, 0) is 11.6 Å². The molecule has 1 aliphatic rings. The molecule has 1 saturated heterocycles. The Balaban J connectivity index is 1.32. The number of nitrogens with zero attached hydrogens (tertiary/aromatic N) is 5. The highest BCUT2D eigenvalue weighted by molar-refractivity contribution is 6.36. The van der Waals surface area contributed by atoms with Crippen LogP contribution >= 0.6 is 23.2 Å². The van der Waals surface area contributed by atoms with Crippen molar-refractivity contribution in [1.29, 1.82) is 0 Å². The van der Waals surface area contributed by atoms with Crippen LogP contribution in [0.1, 0.15) is 17.3 Å². The third-order valence-electron chi connectivity index (χ3n) is 4.53. The lowest BCUT2D eigenvalue weighted by Gasteiger charge is -2.35. The molecule has 0 spiro atoms. The van der Waals surface area contributed by atoms with Crippen LogP contribution in [-0.2, 0) is 13.0 Å². The third-order valence-corrected chi connectivity index (χ3v) is 5.01. The minimum atomic E-state index is 0.546. The Bertz CT molecular complexity index is 894. The first-order valence-corrected chi connectivity index (χ1v) is 9.56. The summed E-state index contributed by atoms with van der Waals surface area (Å²) in [6.45, 7) is 4.06. The summed E-state index contributed by atoms with van der Waals surface area (Å²) < 4.78 is 5.81. The molecule has 0 unspecified atom stereocenters. The number of benzene rings is 1. The number of rotatable bonds is 5. The molecule has 140 valence electrons. The first kappa shape index (κ1) is 18.2. The maximum absolute atomic E-state index is 6.26. The van der Waals surface area contributed by atoms with Gasteiger partial charge in [0.15, 0.2) is 0 Å². The standard InChI is InChI=1S/C19H19Cl2N5O/c20-15-11-16(21)19(22-12-15)26-8-6-25(7-9-26)13-18-24-23-17(27-18)10-14-4-2-1-3-5-14/h1-5,11-12H,6-10,13H2. The number of halogens is 2. The molecule has 2 aromatic heterocycles. The molecular formula is C19H19Cl2N5O. The summed E-state index contributed by atoms with van der Waals surface area (Å²) in [5.41, 5.74) is 1.16. The molecule has 1 aliphatic heterocycles. The second-order valence-electron chi connectivity index (χ2n) is 6.47. The average molecular weight is 404 g/mol. The Hall–Kier alpha value is -2.15. The maximum atomic E-state index is 6.26. The van der Waals surface area contributed by atoms with Crippen LogP contribution in [0.25, 0.3) is 0 Å². The molecule has 0 atom stereocenters. The molecule has 27 heavy (non-hydrogen) atoms. The Morgan fingerprint density at radius 3 is 2.44 bits per heavy atom. The predicted molar refractivity (Wildman–Crippen MR) is 105 cm³/mol. The molecule has 3 heterocycles. The smallest absolute Gasteiger partial charge is 0.230 e. The molecule has 3 aromatic rings. The van der Waals surface area contributed by atoms with Crippen LogP contribution in [0.3, 0.4) is 0 Å². The fraction of sp³-hybridized carbons (Fsp3) is 0.316. The normalized spacial score (nSPS) is 15.3. The molecule has 4 rings (SSSR count). The second kappa shape index (κ2) is 8.25. The van der Waals surface area contributed by atoms with Crippen molar-refractivity contribution in [2.75, 3.05) is 31.1 Å². The molecule has 0 amide bonds. The molecule has 0 aliphatic carbocycles. The Morgan fingerprint density at radius 1 is 0.963 bits per heavy atom. The first-order chi connectivity index (χ1) is 13.2. The summed E-state index contributed by atoms with van der Waals surface area (Å²) in [6, 6.07) is 11.8. The highest BCUT2D eigenvalue weighted by Gasteiger charge is 2.21. The molecule has 0 bridgehead atoms. The lowest BCUT2D eigenvalue weighted by molar-refractivity contribution is 0.224. The van der Waals surface area contributed by atoms with Crippen molar-refractivity contribution < 1.29 is 4.42 Å². The van der Waals surface area contributed by atoms with Crippen LogP contribution in [0.15, 0.2) is 47.0 Å². The number of pyridine rings is 1. The SMILES string of the molecule is Clc1cnc(N2CCN(Cc3nnc(Cc4ccccc4)o3)CC2)c(Cl)c1. The van der Waals surface area contributed by atoms with Crippen molar-refractivity contribution in [3.63, 3.8) is 0 Å². The van der Waals surface area contributed by atoms with Crippen molar-refractivity contribution in [3.05, 3.63) is 70.0 Å². The van der Waals surface area contributed by atoms with Gasteiger partial charge in [-0.3, -0.25) is 4.90 Å². The van der Waals surface area contributed by atoms with Gasteiger partial charge in [0.05, 0.1) is 23.0 Å². The zero-order valence-electron chi connectivity index (χ0n) is 14.7. The van der Waals surface area contributed by atoms with Crippen LogP contribution in [0, 0.1) is 0 Å². The summed E-state index contributed by atoms with van der Waals surface area (Å²) in [7, 11) is 0. The monoisotopic (exact) mass is 403 g/mol. The summed E-state index contributed by atoms with van der Waals surface area (Å²) in [6.07, 6.45) is 2.28. The second-order valence-corrected chi connectivity index (χ2v) is 7.32. The van der Waals surface area contributed by atoms with E-state index in [4.69, 9.17) is 27.6 Å². The van der Waals surface area contributed by atoms with Gasteiger partial charge in [0.2, 0.25) is 11.8 Å². The zero-order valence-corrected chi connectivity index (χ0v) is 16.2. The van der Waals surface area contributed by atoms with Crippen LogP contribution in [0.4, 0.5) is 5.82 Å². The first-order valence-electron chi connectivity index (χ1n) is 8.81. The lowest BCUT2D eigenvalue weighted by Crippen LogP contribution is -2.46. The molecule has 0 N–H and O–H groups in total. The number of piperazine rings is 1. The number of hydrogen-bond donors (Lipinski definition) is 0. The summed E-state index contributed by atoms with van der Waals surface area (Å²) in [5, 5.41) is 9.48. The van der Waals surface area contributed by atoms with E-state index in [0.717, 1.165) is 37.6 Å². The van der Waals surface area contributed by atoms with E-state index >= 15 is 0 Å². The zero-order chi connectivity index (χ0) is 18.6. The van der Waals surface area contributed by atoms with Crippen LogP contribution < -0.4 is 4.90 Å². The number of anilines is 1. The quantitative estimate of drug-likeness (QED) is 0.647. The molecule has 0 radical (unpaired) electrons. The minimum Gasteiger partial charge on any atom is -0.424 e. The van der Waals surface area contributed by atoms with E-state index in [1.165, 1.54) is 0 Å². The number of aromatic nitrogens is 3. The topological polar surface area (TPSA) is 58.3 Å². The Labute approximate surface area is 167 Å². The van der Waals surface area contributed by atoms with E-state index < -0.39 is 0 Å². The van der Waals surface area contributed by atoms with Crippen molar-refractivity contribution in [2.24, 2.45) is 0 Å². The summed E-state index contributed by atoms with van der Waals surface area (Å²) in [4.78, 5) is 8.82. The van der Waals surface area contributed by atoms with Crippen molar-refractivity contribution >= 4 is 29.0 Å². The Morgan fingerprint density at radius 2 is 1.70 bits per heavy atom. The van der Waals surface area contributed by atoms with E-state index in [2.05, 4.69) is 37.1 Å². The Kier molecular flexibility index (Phi) is 5.57. The highest BCUT2D eigenvalue weighted by Crippen LogP contribution is 2.27. The molecular weight excluding hydrogens is 385 g/mol. The summed E-state index contributed by atoms with van der Waals surface area (Å²) in [5.74, 6) is 2.08. The lowest BCUT2D eigenvalue weighted by atomic mass is 10.2. The maximum Gasteiger partial charge on any atom is 0.230 e. The molecule has 1 fully saturated rings. The van der Waals surface area contributed by atoms with Gasteiger partial charge in [0.1, 0.15) is 5.82 Å². The van der Waals surface area contributed by atoms with Gasteiger partial charge in [-0.15, -0.1) is 10.2 Å². The molecule has 6 nitrogen and oxygen atoms in total. The summed E-state index contributed by atoms with van der Waals surface area (Å²) >= 11 is 12.2. The number of hydrogen-bond acceptors (Lipinski definition) is 6. The van der Waals surface area contributed by atoms with Gasteiger partial charge < -0.3 is 9.32 Å². The third kappa shape index (κ3) is 4.58. The van der Waals surface area contributed by atoms with Crippen molar-refractivity contribution in [3.8, 4) is 0 Å². The van der Waals surface area contributed by atoms with Gasteiger partial charge in [-0.1, -0.05) is 53.5 Å². The van der Waals surface area contributed by atoms with Crippen molar-refractivity contribution in [2.45, 2.75) is 13.0 Å². The van der Waals surface area contributed by atoms with E-state index in [0.29, 0.717) is 34.8 Å². The minimum absolute atomic E-state index is 0.546. The van der Waals surface area contributed by atoms with Crippen LogP contribution in [0.5, 0.6) is 0 Å². The van der Waals surface area contributed by atoms with Gasteiger partial charge in [-0.25, -0.2) is 4.98 Å². The predicted octanol–water partition coefficient (Wildman–Crippen LogP) is 3.68. The largest absolute Gasteiger partial charge is 0.424 e. The molecule has 0 saturated carbocycles. The van der Waals surface area contributed by atoms with E-state index in [1.54, 1.807) is 12.3 Å². The van der Waals surface area contributed by atoms with Gasteiger partial charge in [0.25, 0.3) is 0 Å². The fourth-order valence-electron chi connectivity index (χ4n) is 3.14. The fourth-order valence-corrected chi connectivity index (χ4v) is 3.64. The average Bonchev–Trinajstić information content (AvgIpc) is 3.10. The van der Waals surface area contributed by atoms with Crippen LogP contribution in [0.2, 0.25) is 10.0 Å². The molecule has 1 aromatic carbocycles. The van der Waals surface area contributed by atoms with Crippen molar-refractivity contribution in [1.82, 2.24) is 20.1 Å². The van der Waals surface area contributed by atoms with Gasteiger partial charge in [0, 0.05) is 32.4 Å². The molecule has 8 heteroatoms. The van der Waals surface area contributed by atoms with E-state index in [1.807, 2.05) is 18.2 Å². The van der Waals surface area contributed by atoms with E-state index in [-0.39, 0.29) is 0 Å². The van der Waals surface area contributed by atoms with Crippen LogP contribution in [-0.4, -0.2) is 46.3 Å². The van der Waals surface area contributed by atoms with Gasteiger partial charge >= 0.3 is 0 Å². The van der Waals surface area contributed by atoms with E-state index in [9.17, 15) is 0 Å².